The molecule has 2 aliphatic heterocycles. The maximum absolute atomic E-state index is 9.64. The Morgan fingerprint density at radius 2 is 1.58 bits per heavy atom. The van der Waals surface area contributed by atoms with E-state index in [0.717, 1.165) is 21.8 Å². The van der Waals surface area contributed by atoms with Gasteiger partial charge in [-0.1, -0.05) is 18.2 Å². The van der Waals surface area contributed by atoms with Crippen LogP contribution in [-0.2, 0) is 0 Å². The van der Waals surface area contributed by atoms with Crippen LogP contribution in [0.1, 0.15) is 0 Å². The number of nitriles is 5. The average Bonchev–Trinajstić information content (AvgIpc) is 3.14. The van der Waals surface area contributed by atoms with Crippen LogP contribution in [0.15, 0.2) is 46.7 Å². The van der Waals surface area contributed by atoms with Gasteiger partial charge in [-0.2, -0.15) is 26.3 Å². The highest BCUT2D eigenvalue weighted by atomic mass is 32.2. The van der Waals surface area contributed by atoms with Crippen LogP contribution in [0.2, 0.25) is 0 Å². The number of nitrogens with zero attached hydrogens (tertiary/aromatic N) is 8. The average molecular weight is 357 g/mol. The summed E-state index contributed by atoms with van der Waals surface area (Å²) < 4.78 is 0. The Kier molecular flexibility index (Phi) is 3.76. The fourth-order valence-corrected chi connectivity index (χ4v) is 3.74. The van der Waals surface area contributed by atoms with E-state index in [1.165, 1.54) is 0 Å². The normalized spacial score (nSPS) is 21.2. The molecule has 0 saturated carbocycles. The fourth-order valence-electron chi connectivity index (χ4n) is 2.66. The Hall–Kier alpha value is -4.01. The van der Waals surface area contributed by atoms with E-state index in [4.69, 9.17) is 5.73 Å². The number of hydrogen-bond donors (Lipinski definition) is 1. The van der Waals surface area contributed by atoms with E-state index in [0.29, 0.717) is 5.69 Å². The van der Waals surface area contributed by atoms with Crippen LogP contribution in [0, 0.1) is 56.7 Å². The zero-order chi connectivity index (χ0) is 18.9. The van der Waals surface area contributed by atoms with E-state index < -0.39 is 10.4 Å². The number of para-hydroxylation sites is 1. The van der Waals surface area contributed by atoms with Gasteiger partial charge in [-0.3, -0.25) is 0 Å². The molecule has 1 aromatic carbocycles. The van der Waals surface area contributed by atoms with Crippen molar-refractivity contribution in [2.75, 3.05) is 0 Å². The molecule has 1 aromatic rings. The summed E-state index contributed by atoms with van der Waals surface area (Å²) >= 11 is 0.748. The van der Waals surface area contributed by atoms with Crippen molar-refractivity contribution < 1.29 is 0 Å². The van der Waals surface area contributed by atoms with Crippen LogP contribution in [0.4, 0.5) is 5.69 Å². The molecule has 0 spiro atoms. The second-order valence-corrected chi connectivity index (χ2v) is 6.29. The maximum Gasteiger partial charge on any atom is 0.269 e. The minimum absolute atomic E-state index is 0.108. The molecule has 122 valence electrons. The summed E-state index contributed by atoms with van der Waals surface area (Å²) in [6, 6.07) is 17.5. The summed E-state index contributed by atoms with van der Waals surface area (Å²) in [5, 5.41) is 50.1. The van der Waals surface area contributed by atoms with Gasteiger partial charge in [0, 0.05) is 0 Å². The van der Waals surface area contributed by atoms with Gasteiger partial charge in [-0.25, -0.2) is 10.0 Å². The van der Waals surface area contributed by atoms with Crippen molar-refractivity contribution in [2.24, 2.45) is 10.7 Å². The van der Waals surface area contributed by atoms with Crippen LogP contribution >= 0.6 is 11.8 Å². The van der Waals surface area contributed by atoms with E-state index in [1.807, 2.05) is 12.1 Å². The molecule has 0 atom stereocenters. The molecule has 0 aliphatic carbocycles. The number of hydrogen-bond acceptors (Lipinski definition) is 9. The number of thioether (sulfide) groups is 1. The molecule has 3 rings (SSSR count). The molecular weight excluding hydrogens is 350 g/mol. The minimum Gasteiger partial charge on any atom is -0.383 e. The third-order valence-corrected chi connectivity index (χ3v) is 4.90. The molecule has 0 unspecified atom stereocenters. The van der Waals surface area contributed by atoms with Crippen molar-refractivity contribution in [3.8, 4) is 30.3 Å². The Balaban J connectivity index is 2.31. The van der Waals surface area contributed by atoms with Crippen LogP contribution in [-0.4, -0.2) is 25.6 Å². The topological polar surface area (TPSA) is 164 Å². The van der Waals surface area contributed by atoms with Crippen LogP contribution in [0.25, 0.3) is 0 Å². The summed E-state index contributed by atoms with van der Waals surface area (Å²) in [6.45, 7) is 0. The molecule has 0 radical (unpaired) electrons. The lowest BCUT2D eigenvalue weighted by Crippen LogP contribution is -2.56. The number of hydrazine groups is 1. The van der Waals surface area contributed by atoms with E-state index in [9.17, 15) is 26.3 Å². The molecule has 10 heteroatoms. The van der Waals surface area contributed by atoms with Gasteiger partial charge in [0.15, 0.2) is 5.17 Å². The van der Waals surface area contributed by atoms with E-state index >= 15 is 0 Å². The second-order valence-electron chi connectivity index (χ2n) is 5.13. The number of fused-ring (bicyclic) bond motifs is 1. The second kappa shape index (κ2) is 5.81. The summed E-state index contributed by atoms with van der Waals surface area (Å²) in [7, 11) is 0. The lowest BCUT2D eigenvalue weighted by Gasteiger charge is -2.32. The fraction of sp³-hybridized carbons (Fsp3) is 0.125. The Morgan fingerprint density at radius 3 is 2.08 bits per heavy atom. The largest absolute Gasteiger partial charge is 0.383 e. The maximum atomic E-state index is 9.64. The number of rotatable bonds is 1. The lowest BCUT2D eigenvalue weighted by molar-refractivity contribution is 0.0523. The summed E-state index contributed by atoms with van der Waals surface area (Å²) in [5.74, 6) is -0.217. The molecule has 0 bridgehead atoms. The summed E-state index contributed by atoms with van der Waals surface area (Å²) in [6.07, 6.45) is 0. The number of nitrogens with two attached hydrogens (primary N) is 1. The molecule has 2 N–H and O–H groups in total. The summed E-state index contributed by atoms with van der Waals surface area (Å²) in [5.41, 5.74) is 3.96. The molecule has 1 saturated heterocycles. The Morgan fingerprint density at radius 1 is 0.962 bits per heavy atom. The quantitative estimate of drug-likeness (QED) is 0.776. The summed E-state index contributed by atoms with van der Waals surface area (Å²) in [4.78, 5) is 2.38. The first kappa shape index (κ1) is 16.8. The predicted molar refractivity (Wildman–Crippen MR) is 89.5 cm³/mol. The number of benzene rings is 1. The monoisotopic (exact) mass is 357 g/mol. The van der Waals surface area contributed by atoms with Gasteiger partial charge in [-0.15, -0.1) is 5.01 Å². The first-order valence-corrected chi connectivity index (χ1v) is 7.83. The van der Waals surface area contributed by atoms with Gasteiger partial charge in [0.2, 0.25) is 0 Å². The number of amidine groups is 1. The van der Waals surface area contributed by atoms with Gasteiger partial charge in [0.25, 0.3) is 10.4 Å². The molecule has 9 nitrogen and oxygen atoms in total. The van der Waals surface area contributed by atoms with E-state index in [-0.39, 0.29) is 16.6 Å². The van der Waals surface area contributed by atoms with Gasteiger partial charge in [0.05, 0.1) is 5.69 Å². The van der Waals surface area contributed by atoms with Crippen molar-refractivity contribution in [1.29, 1.82) is 26.3 Å². The van der Waals surface area contributed by atoms with Crippen molar-refractivity contribution in [3.05, 3.63) is 41.7 Å². The highest BCUT2D eigenvalue weighted by Crippen LogP contribution is 2.52. The van der Waals surface area contributed by atoms with Crippen molar-refractivity contribution in [2.45, 2.75) is 10.4 Å². The number of aliphatic imine (C=N–C) groups is 1. The van der Waals surface area contributed by atoms with E-state index in [2.05, 4.69) is 4.99 Å². The lowest BCUT2D eigenvalue weighted by atomic mass is 9.93. The van der Waals surface area contributed by atoms with Gasteiger partial charge >= 0.3 is 0 Å². The molecule has 0 aromatic heterocycles. The standard InChI is InChI=1S/C16H7N9S/c17-6-12-13(22)24-14(23-11-4-2-1-3-5-11)26-16(9-20,10-21)25(24)15(12,7-18)8-19/h1-5H,22H2. The Bertz CT molecular complexity index is 1020. The van der Waals surface area contributed by atoms with Gasteiger partial charge in [0.1, 0.15) is 41.7 Å². The van der Waals surface area contributed by atoms with Crippen molar-refractivity contribution in [3.63, 3.8) is 0 Å². The third-order valence-electron chi connectivity index (χ3n) is 3.80. The van der Waals surface area contributed by atoms with Crippen LogP contribution < -0.4 is 5.73 Å². The molecule has 2 aliphatic rings. The minimum atomic E-state index is -2.20. The van der Waals surface area contributed by atoms with Crippen molar-refractivity contribution in [1.82, 2.24) is 10.0 Å². The van der Waals surface area contributed by atoms with Gasteiger partial charge < -0.3 is 5.73 Å². The zero-order valence-corrected chi connectivity index (χ0v) is 13.8. The van der Waals surface area contributed by atoms with Gasteiger partial charge in [-0.05, 0) is 23.9 Å². The highest BCUT2D eigenvalue weighted by Gasteiger charge is 2.68. The zero-order valence-electron chi connectivity index (χ0n) is 13.0. The molecule has 2 heterocycles. The third kappa shape index (κ3) is 1.94. The first-order chi connectivity index (χ1) is 12.5. The Labute approximate surface area is 152 Å². The molecular formula is C16H7N9S. The smallest absolute Gasteiger partial charge is 0.269 e. The highest BCUT2D eigenvalue weighted by molar-refractivity contribution is 8.15. The van der Waals surface area contributed by atoms with Crippen LogP contribution in [0.3, 0.4) is 0 Å². The van der Waals surface area contributed by atoms with Crippen LogP contribution in [0.5, 0.6) is 0 Å². The first-order valence-electron chi connectivity index (χ1n) is 7.02. The molecule has 1 fully saturated rings. The van der Waals surface area contributed by atoms with Crippen molar-refractivity contribution >= 4 is 22.6 Å². The van der Waals surface area contributed by atoms with E-state index in [1.54, 1.807) is 48.5 Å². The molecule has 0 amide bonds. The SMILES string of the molecule is N#CC1=C(N)N2C(=Nc3ccccc3)SC(C#N)(C#N)N2C1(C#N)C#N. The molecule has 26 heavy (non-hydrogen) atoms. The predicted octanol–water partition coefficient (Wildman–Crippen LogP) is 1.18.